The molecule has 0 aromatic carbocycles. The van der Waals surface area contributed by atoms with Gasteiger partial charge in [-0.05, 0) is 61.6 Å². The van der Waals surface area contributed by atoms with E-state index in [9.17, 15) is 8.42 Å². The second-order valence-corrected chi connectivity index (χ2v) is 8.28. The Hall–Kier alpha value is -0.850. The molecule has 21 heavy (non-hydrogen) atoms. The first kappa shape index (κ1) is 13.8. The second kappa shape index (κ2) is 4.83. The van der Waals surface area contributed by atoms with Crippen LogP contribution in [0.2, 0.25) is 0 Å². The molecule has 4 rings (SSSR count). The third-order valence-electron chi connectivity index (χ3n) is 5.48. The average molecular weight is 310 g/mol. The highest BCUT2D eigenvalue weighted by molar-refractivity contribution is 7.89. The van der Waals surface area contributed by atoms with Gasteiger partial charge in [0.2, 0.25) is 5.09 Å². The zero-order valence-electron chi connectivity index (χ0n) is 12.2. The summed E-state index contributed by atoms with van der Waals surface area (Å²) in [5, 5.41) is 3.17. The van der Waals surface area contributed by atoms with E-state index in [0.717, 1.165) is 18.4 Å². The van der Waals surface area contributed by atoms with Crippen LogP contribution in [0.1, 0.15) is 31.9 Å². The van der Waals surface area contributed by atoms with Crippen molar-refractivity contribution in [3.63, 3.8) is 0 Å². The minimum atomic E-state index is -3.51. The van der Waals surface area contributed by atoms with Gasteiger partial charge in [-0.3, -0.25) is 0 Å². The highest BCUT2D eigenvalue weighted by atomic mass is 32.2. The first-order chi connectivity index (χ1) is 10.1. The molecule has 0 radical (unpaired) electrons. The molecule has 2 bridgehead atoms. The molecule has 0 saturated heterocycles. The summed E-state index contributed by atoms with van der Waals surface area (Å²) < 4.78 is 33.2. The molecule has 3 aliphatic rings. The molecule has 4 unspecified atom stereocenters. The largest absolute Gasteiger partial charge is 0.447 e. The van der Waals surface area contributed by atoms with Crippen LogP contribution in [0.15, 0.2) is 21.6 Å². The highest BCUT2D eigenvalue weighted by Gasteiger charge is 2.65. The summed E-state index contributed by atoms with van der Waals surface area (Å²) in [7, 11) is -3.51. The van der Waals surface area contributed by atoms with Gasteiger partial charge in [0.1, 0.15) is 5.76 Å². The molecule has 6 heteroatoms. The average Bonchev–Trinajstić information content (AvgIpc) is 2.92. The molecular formula is C15H22N2O3S. The molecule has 3 aliphatic carbocycles. The number of sulfonamides is 1. The standard InChI is InChI=1S/C15H22N2O3S/c1-2-16-8-11-5-6-12(20-11)21(18,19)17-15-13-9-3-4-10(7-9)14(13)15/h5-6,9-10,13-17H,2-4,7-8H2,1H3. The Morgan fingerprint density at radius 1 is 1.24 bits per heavy atom. The van der Waals surface area contributed by atoms with E-state index in [0.29, 0.717) is 24.1 Å². The summed E-state index contributed by atoms with van der Waals surface area (Å²) in [4.78, 5) is 0. The maximum absolute atomic E-state index is 12.4. The smallest absolute Gasteiger partial charge is 0.274 e. The molecule has 1 aromatic heterocycles. The lowest BCUT2D eigenvalue weighted by molar-refractivity contribution is 0.399. The van der Waals surface area contributed by atoms with E-state index < -0.39 is 10.0 Å². The number of nitrogens with one attached hydrogen (secondary N) is 2. The van der Waals surface area contributed by atoms with Gasteiger partial charge in [-0.25, -0.2) is 13.1 Å². The van der Waals surface area contributed by atoms with Gasteiger partial charge in [-0.2, -0.15) is 0 Å². The van der Waals surface area contributed by atoms with Gasteiger partial charge in [0.25, 0.3) is 10.0 Å². The SMILES string of the molecule is CCNCc1ccc(S(=O)(=O)NC2C3C4CCC(C4)C23)o1. The van der Waals surface area contributed by atoms with Gasteiger partial charge in [-0.1, -0.05) is 6.92 Å². The summed E-state index contributed by atoms with van der Waals surface area (Å²) in [5.41, 5.74) is 0. The summed E-state index contributed by atoms with van der Waals surface area (Å²) in [6.07, 6.45) is 3.90. The van der Waals surface area contributed by atoms with Crippen molar-refractivity contribution in [2.45, 2.75) is 43.9 Å². The summed E-state index contributed by atoms with van der Waals surface area (Å²) in [6.45, 7) is 3.39. The van der Waals surface area contributed by atoms with Crippen molar-refractivity contribution in [2.24, 2.45) is 23.7 Å². The summed E-state index contributed by atoms with van der Waals surface area (Å²) in [5.74, 6) is 3.36. The Morgan fingerprint density at radius 2 is 1.95 bits per heavy atom. The van der Waals surface area contributed by atoms with E-state index in [1.54, 1.807) is 12.1 Å². The number of hydrogen-bond donors (Lipinski definition) is 2. The molecule has 3 saturated carbocycles. The topological polar surface area (TPSA) is 71.3 Å². The van der Waals surface area contributed by atoms with Crippen molar-refractivity contribution in [2.75, 3.05) is 6.54 Å². The number of hydrogen-bond acceptors (Lipinski definition) is 4. The van der Waals surface area contributed by atoms with Crippen molar-refractivity contribution < 1.29 is 12.8 Å². The number of furan rings is 1. The van der Waals surface area contributed by atoms with Gasteiger partial charge in [0.05, 0.1) is 6.54 Å². The molecule has 0 spiro atoms. The van der Waals surface area contributed by atoms with Crippen molar-refractivity contribution in [3.8, 4) is 0 Å². The Morgan fingerprint density at radius 3 is 2.62 bits per heavy atom. The number of rotatable bonds is 6. The van der Waals surface area contributed by atoms with Crippen molar-refractivity contribution in [3.05, 3.63) is 17.9 Å². The molecule has 5 nitrogen and oxygen atoms in total. The fourth-order valence-corrected chi connectivity index (χ4v) is 5.82. The molecule has 4 atom stereocenters. The third-order valence-corrected chi connectivity index (χ3v) is 6.81. The van der Waals surface area contributed by atoms with Crippen LogP contribution in [0, 0.1) is 23.7 Å². The van der Waals surface area contributed by atoms with E-state index in [1.807, 2.05) is 6.92 Å². The molecule has 0 aliphatic heterocycles. The van der Waals surface area contributed by atoms with Gasteiger partial charge in [0, 0.05) is 6.04 Å². The van der Waals surface area contributed by atoms with E-state index in [4.69, 9.17) is 4.42 Å². The lowest BCUT2D eigenvalue weighted by atomic mass is 10.0. The fraction of sp³-hybridized carbons (Fsp3) is 0.733. The Kier molecular flexibility index (Phi) is 3.17. The van der Waals surface area contributed by atoms with Crippen LogP contribution >= 0.6 is 0 Å². The van der Waals surface area contributed by atoms with E-state index in [-0.39, 0.29) is 11.1 Å². The van der Waals surface area contributed by atoms with E-state index >= 15 is 0 Å². The minimum absolute atomic E-state index is 0.0488. The zero-order valence-corrected chi connectivity index (χ0v) is 13.0. The Balaban J connectivity index is 1.44. The second-order valence-electron chi connectivity index (χ2n) is 6.64. The van der Waals surface area contributed by atoms with Crippen LogP contribution in [0.4, 0.5) is 0 Å². The lowest BCUT2D eigenvalue weighted by Crippen LogP contribution is -2.29. The van der Waals surface area contributed by atoms with Crippen LogP contribution in [0.3, 0.4) is 0 Å². The van der Waals surface area contributed by atoms with E-state index in [2.05, 4.69) is 10.0 Å². The van der Waals surface area contributed by atoms with Gasteiger partial charge in [0.15, 0.2) is 0 Å². The molecule has 1 aromatic rings. The predicted octanol–water partition coefficient (Wildman–Crippen LogP) is 1.71. The Bertz CT molecular complexity index is 623. The molecule has 1 heterocycles. The molecule has 0 amide bonds. The molecule has 3 fully saturated rings. The van der Waals surface area contributed by atoms with E-state index in [1.165, 1.54) is 19.3 Å². The Labute approximate surface area is 125 Å². The fourth-order valence-electron chi connectivity index (χ4n) is 4.57. The van der Waals surface area contributed by atoms with Crippen LogP contribution in [-0.2, 0) is 16.6 Å². The predicted molar refractivity (Wildman–Crippen MR) is 78.0 cm³/mol. The minimum Gasteiger partial charge on any atom is -0.447 e. The van der Waals surface area contributed by atoms with Gasteiger partial charge >= 0.3 is 0 Å². The van der Waals surface area contributed by atoms with Crippen LogP contribution in [0.5, 0.6) is 0 Å². The summed E-state index contributed by atoms with van der Waals surface area (Å²) in [6, 6.07) is 3.44. The maximum atomic E-state index is 12.4. The number of fused-ring (bicyclic) bond motifs is 5. The van der Waals surface area contributed by atoms with Crippen LogP contribution in [-0.4, -0.2) is 21.0 Å². The van der Waals surface area contributed by atoms with Crippen molar-refractivity contribution >= 4 is 10.0 Å². The van der Waals surface area contributed by atoms with Crippen LogP contribution < -0.4 is 10.0 Å². The van der Waals surface area contributed by atoms with Crippen LogP contribution in [0.25, 0.3) is 0 Å². The lowest BCUT2D eigenvalue weighted by Gasteiger charge is -2.09. The molecular weight excluding hydrogens is 288 g/mol. The quantitative estimate of drug-likeness (QED) is 0.839. The normalized spacial score (nSPS) is 36.9. The summed E-state index contributed by atoms with van der Waals surface area (Å²) >= 11 is 0. The first-order valence-corrected chi connectivity index (χ1v) is 9.40. The monoisotopic (exact) mass is 310 g/mol. The van der Waals surface area contributed by atoms with Crippen molar-refractivity contribution in [1.82, 2.24) is 10.0 Å². The van der Waals surface area contributed by atoms with Gasteiger partial charge < -0.3 is 9.73 Å². The zero-order chi connectivity index (χ0) is 14.6. The third kappa shape index (κ3) is 2.24. The first-order valence-electron chi connectivity index (χ1n) is 7.92. The van der Waals surface area contributed by atoms with Crippen molar-refractivity contribution in [1.29, 1.82) is 0 Å². The molecule has 2 N–H and O–H groups in total. The maximum Gasteiger partial charge on any atom is 0.274 e. The highest BCUT2D eigenvalue weighted by Crippen LogP contribution is 2.65. The van der Waals surface area contributed by atoms with Gasteiger partial charge in [-0.15, -0.1) is 0 Å². The molecule has 116 valence electrons.